The third-order valence-corrected chi connectivity index (χ3v) is 6.54. The van der Waals surface area contributed by atoms with Gasteiger partial charge in [0.1, 0.15) is 24.7 Å². The van der Waals surface area contributed by atoms with Gasteiger partial charge in [0.05, 0.1) is 15.5 Å². The lowest BCUT2D eigenvalue weighted by Gasteiger charge is -2.14. The number of ether oxygens (including phenoxy) is 2. The van der Waals surface area contributed by atoms with Gasteiger partial charge in [0, 0.05) is 22.7 Å². The van der Waals surface area contributed by atoms with Gasteiger partial charge in [-0.2, -0.15) is 0 Å². The summed E-state index contributed by atoms with van der Waals surface area (Å²) in [5.74, 6) is 0.968. The maximum Gasteiger partial charge on any atom is 0.270 e. The highest BCUT2D eigenvalue weighted by Crippen LogP contribution is 2.38. The lowest BCUT2D eigenvalue weighted by Crippen LogP contribution is -2.27. The fraction of sp³-hybridized carbons (Fsp3) is 0.120. The zero-order valence-electron chi connectivity index (χ0n) is 18.5. The largest absolute Gasteiger partial charge is 0.490 e. The fourth-order valence-corrected chi connectivity index (χ4v) is 4.73. The number of thioether (sulfide) groups is 1. The Morgan fingerprint density at radius 1 is 1.06 bits per heavy atom. The minimum absolute atomic E-state index is 0.0678. The molecule has 0 unspecified atom stereocenters. The molecular weight excluding hydrogens is 508 g/mol. The number of hydrogen-bond acceptors (Lipinski definition) is 7. The molecule has 35 heavy (non-hydrogen) atoms. The summed E-state index contributed by atoms with van der Waals surface area (Å²) in [5.41, 5.74) is 2.16. The molecular formula is C25H19ClN2O5S2. The highest BCUT2D eigenvalue weighted by Gasteiger charge is 2.33. The summed E-state index contributed by atoms with van der Waals surface area (Å²) in [7, 11) is 0. The number of hydrogen-bond donors (Lipinski definition) is 0. The van der Waals surface area contributed by atoms with E-state index in [-0.39, 0.29) is 11.6 Å². The number of nitro benzene ring substituents is 1. The van der Waals surface area contributed by atoms with Gasteiger partial charge in [0.2, 0.25) is 0 Å². The van der Waals surface area contributed by atoms with Crippen molar-refractivity contribution in [1.29, 1.82) is 0 Å². The quantitative estimate of drug-likeness (QED) is 0.110. The minimum atomic E-state index is -0.500. The molecule has 4 rings (SSSR count). The zero-order chi connectivity index (χ0) is 24.9. The Balaban J connectivity index is 1.48. The van der Waals surface area contributed by atoms with Crippen LogP contribution in [0.25, 0.3) is 6.08 Å². The van der Waals surface area contributed by atoms with E-state index < -0.39 is 4.92 Å². The second-order valence-corrected chi connectivity index (χ2v) is 9.59. The lowest BCUT2D eigenvalue weighted by atomic mass is 10.1. The molecule has 1 amide bonds. The maximum atomic E-state index is 13.1. The standard InChI is InChI=1S/C25H19ClN2O5S2/c1-16-2-9-21(10-3-16)32-12-13-33-22-11-4-18(26)14-17(22)15-23-24(29)27(25(34)35-23)19-5-7-20(8-6-19)28(30)31/h2-11,14-15H,12-13H2,1H3/b23-15+. The average molecular weight is 527 g/mol. The Bertz CT molecular complexity index is 1310. The maximum absolute atomic E-state index is 13.1. The SMILES string of the molecule is Cc1ccc(OCCOc2ccc(Cl)cc2/C=C2/SC(=S)N(c3ccc([N+](=O)[O-])cc3)C2=O)cc1. The van der Waals surface area contributed by atoms with E-state index in [0.717, 1.165) is 23.1 Å². The number of thiocarbonyl (C=S) groups is 1. The number of non-ortho nitro benzene ring substituents is 1. The average Bonchev–Trinajstić information content (AvgIpc) is 3.11. The molecule has 0 aromatic heterocycles. The molecule has 1 heterocycles. The van der Waals surface area contributed by atoms with Crippen molar-refractivity contribution in [1.82, 2.24) is 0 Å². The number of aryl methyl sites for hydroxylation is 1. The van der Waals surface area contributed by atoms with Crippen molar-refractivity contribution in [3.8, 4) is 11.5 Å². The van der Waals surface area contributed by atoms with Gasteiger partial charge in [0.15, 0.2) is 4.32 Å². The predicted molar refractivity (Wildman–Crippen MR) is 142 cm³/mol. The molecule has 0 radical (unpaired) electrons. The first-order valence-electron chi connectivity index (χ1n) is 10.5. The van der Waals surface area contributed by atoms with Crippen molar-refractivity contribution >= 4 is 63.3 Å². The van der Waals surface area contributed by atoms with Crippen LogP contribution >= 0.6 is 35.6 Å². The van der Waals surface area contributed by atoms with E-state index in [1.807, 2.05) is 31.2 Å². The molecule has 3 aromatic rings. The molecule has 7 nitrogen and oxygen atoms in total. The first-order chi connectivity index (χ1) is 16.8. The molecule has 1 aliphatic rings. The van der Waals surface area contributed by atoms with Crippen LogP contribution in [0.3, 0.4) is 0 Å². The molecule has 1 saturated heterocycles. The van der Waals surface area contributed by atoms with Gasteiger partial charge in [-0.05, 0) is 55.5 Å². The number of benzene rings is 3. The van der Waals surface area contributed by atoms with Crippen LogP contribution in [0.1, 0.15) is 11.1 Å². The lowest BCUT2D eigenvalue weighted by molar-refractivity contribution is -0.384. The molecule has 0 spiro atoms. The fourth-order valence-electron chi connectivity index (χ4n) is 3.26. The third-order valence-electron chi connectivity index (χ3n) is 5.00. The second kappa shape index (κ2) is 10.9. The van der Waals surface area contributed by atoms with E-state index in [1.54, 1.807) is 24.3 Å². The topological polar surface area (TPSA) is 81.9 Å². The van der Waals surface area contributed by atoms with Crippen molar-refractivity contribution in [2.75, 3.05) is 18.1 Å². The summed E-state index contributed by atoms with van der Waals surface area (Å²) in [4.78, 5) is 25.2. The van der Waals surface area contributed by atoms with Crippen molar-refractivity contribution in [3.63, 3.8) is 0 Å². The first kappa shape index (κ1) is 24.7. The number of nitro groups is 1. The van der Waals surface area contributed by atoms with Crippen molar-refractivity contribution in [2.24, 2.45) is 0 Å². The normalized spacial score (nSPS) is 14.5. The number of amides is 1. The van der Waals surface area contributed by atoms with Crippen LogP contribution in [0, 0.1) is 17.0 Å². The summed E-state index contributed by atoms with van der Waals surface area (Å²) in [6.45, 7) is 2.64. The molecule has 0 aliphatic carbocycles. The van der Waals surface area contributed by atoms with Gasteiger partial charge in [-0.3, -0.25) is 19.8 Å². The van der Waals surface area contributed by atoms with Gasteiger partial charge in [-0.1, -0.05) is 53.3 Å². The number of carbonyl (C=O) groups excluding carboxylic acids is 1. The molecule has 178 valence electrons. The molecule has 3 aromatic carbocycles. The van der Waals surface area contributed by atoms with E-state index >= 15 is 0 Å². The Hall–Kier alpha value is -3.40. The van der Waals surface area contributed by atoms with Crippen molar-refractivity contribution in [3.05, 3.63) is 97.9 Å². The summed E-state index contributed by atoms with van der Waals surface area (Å²) in [5, 5.41) is 11.4. The first-order valence-corrected chi connectivity index (χ1v) is 12.1. The minimum Gasteiger partial charge on any atom is -0.490 e. The Morgan fingerprint density at radius 3 is 2.43 bits per heavy atom. The summed E-state index contributed by atoms with van der Waals surface area (Å²) < 4.78 is 11.9. The number of rotatable bonds is 8. The monoisotopic (exact) mass is 526 g/mol. The van der Waals surface area contributed by atoms with E-state index in [2.05, 4.69) is 0 Å². The number of carbonyl (C=O) groups is 1. The molecule has 0 N–H and O–H groups in total. The van der Waals surface area contributed by atoms with Crippen LogP contribution in [-0.4, -0.2) is 28.4 Å². The van der Waals surface area contributed by atoms with Gasteiger partial charge in [0.25, 0.3) is 11.6 Å². The van der Waals surface area contributed by atoms with Gasteiger partial charge < -0.3 is 9.47 Å². The Morgan fingerprint density at radius 2 is 1.74 bits per heavy atom. The summed E-state index contributed by atoms with van der Waals surface area (Å²) in [6.07, 6.45) is 1.67. The number of anilines is 1. The van der Waals surface area contributed by atoms with Crippen molar-refractivity contribution < 1.29 is 19.2 Å². The smallest absolute Gasteiger partial charge is 0.270 e. The van der Waals surface area contributed by atoms with Crippen LogP contribution in [-0.2, 0) is 4.79 Å². The van der Waals surface area contributed by atoms with Crippen LogP contribution < -0.4 is 14.4 Å². The predicted octanol–water partition coefficient (Wildman–Crippen LogP) is 6.42. The van der Waals surface area contributed by atoms with E-state index in [1.165, 1.54) is 29.2 Å². The molecule has 0 saturated carbocycles. The van der Waals surface area contributed by atoms with Gasteiger partial charge in [-0.25, -0.2) is 0 Å². The number of nitrogens with zero attached hydrogens (tertiary/aromatic N) is 2. The van der Waals surface area contributed by atoms with Gasteiger partial charge >= 0.3 is 0 Å². The Kier molecular flexibility index (Phi) is 7.70. The molecule has 1 fully saturated rings. The summed E-state index contributed by atoms with van der Waals surface area (Å²) in [6, 6.07) is 18.5. The molecule has 10 heteroatoms. The Labute approximate surface area is 216 Å². The third kappa shape index (κ3) is 6.00. The van der Waals surface area contributed by atoms with Crippen LogP contribution in [0.15, 0.2) is 71.6 Å². The van der Waals surface area contributed by atoms with E-state index in [9.17, 15) is 14.9 Å². The zero-order valence-corrected chi connectivity index (χ0v) is 20.9. The van der Waals surface area contributed by atoms with Crippen LogP contribution in [0.2, 0.25) is 5.02 Å². The highest BCUT2D eigenvalue weighted by atomic mass is 35.5. The van der Waals surface area contributed by atoms with E-state index in [0.29, 0.717) is 44.5 Å². The van der Waals surface area contributed by atoms with Crippen molar-refractivity contribution in [2.45, 2.75) is 6.92 Å². The molecule has 0 bridgehead atoms. The van der Waals surface area contributed by atoms with Crippen LogP contribution in [0.5, 0.6) is 11.5 Å². The van der Waals surface area contributed by atoms with Crippen LogP contribution in [0.4, 0.5) is 11.4 Å². The van der Waals surface area contributed by atoms with E-state index in [4.69, 9.17) is 33.3 Å². The molecule has 0 atom stereocenters. The number of halogens is 1. The van der Waals surface area contributed by atoms with Gasteiger partial charge in [-0.15, -0.1) is 0 Å². The highest BCUT2D eigenvalue weighted by molar-refractivity contribution is 8.27. The second-order valence-electron chi connectivity index (χ2n) is 7.48. The summed E-state index contributed by atoms with van der Waals surface area (Å²) >= 11 is 12.7. The molecule has 1 aliphatic heterocycles.